The Morgan fingerprint density at radius 3 is 2.60 bits per heavy atom. The molecule has 1 N–H and O–H groups in total. The van der Waals surface area contributed by atoms with Crippen molar-refractivity contribution in [3.8, 4) is 5.69 Å². The van der Waals surface area contributed by atoms with Crippen molar-refractivity contribution in [3.05, 3.63) is 77.6 Å². The summed E-state index contributed by atoms with van der Waals surface area (Å²) in [5, 5.41) is 4.26. The number of aromatic amines is 1. The van der Waals surface area contributed by atoms with Gasteiger partial charge in [-0.25, -0.2) is 14.1 Å². The maximum atomic E-state index is 14.1. The number of nitrogens with zero attached hydrogens (tertiary/aromatic N) is 4. The fraction of sp³-hybridized carbons (Fsp3) is 0.261. The molecule has 0 saturated carbocycles. The number of hydrogen-bond donors (Lipinski definition) is 1. The van der Waals surface area contributed by atoms with Crippen LogP contribution in [0.1, 0.15) is 40.6 Å². The molecule has 30 heavy (non-hydrogen) atoms. The monoisotopic (exact) mass is 403 g/mol. The van der Waals surface area contributed by atoms with Crippen molar-refractivity contribution in [2.75, 3.05) is 13.1 Å². The Bertz CT molecular complexity index is 1190. The zero-order chi connectivity index (χ0) is 20.7. The van der Waals surface area contributed by atoms with E-state index in [9.17, 15) is 9.18 Å². The number of imidazole rings is 1. The highest BCUT2D eigenvalue weighted by Gasteiger charge is 2.28. The molecule has 1 aliphatic heterocycles. The summed E-state index contributed by atoms with van der Waals surface area (Å²) in [7, 11) is 0. The van der Waals surface area contributed by atoms with Gasteiger partial charge in [0.2, 0.25) is 0 Å². The van der Waals surface area contributed by atoms with E-state index in [1.807, 2.05) is 29.2 Å². The Balaban J connectivity index is 1.31. The summed E-state index contributed by atoms with van der Waals surface area (Å²) in [6.45, 7) is 3.11. The highest BCUT2D eigenvalue weighted by Crippen LogP contribution is 2.29. The van der Waals surface area contributed by atoms with Crippen LogP contribution in [0.5, 0.6) is 0 Å². The first kappa shape index (κ1) is 18.5. The lowest BCUT2D eigenvalue weighted by atomic mass is 9.95. The van der Waals surface area contributed by atoms with E-state index in [1.165, 1.54) is 16.9 Å². The third-order valence-electron chi connectivity index (χ3n) is 5.90. The standard InChI is InChI=1S/C23H22FN5O/c1-15-17(14-25-29(15)21-9-5-2-6-18(21)24)23(30)28-12-10-16(11-13-28)22-26-19-7-3-4-8-20(19)27-22/h2-9,14,16H,10-13H2,1H3,(H,26,27). The maximum absolute atomic E-state index is 14.1. The highest BCUT2D eigenvalue weighted by molar-refractivity contribution is 5.95. The van der Waals surface area contributed by atoms with E-state index in [0.717, 1.165) is 29.7 Å². The molecule has 0 spiro atoms. The molecular weight excluding hydrogens is 381 g/mol. The molecule has 1 aliphatic rings. The Hall–Kier alpha value is -3.48. The molecule has 3 heterocycles. The Morgan fingerprint density at radius 1 is 1.10 bits per heavy atom. The number of hydrogen-bond acceptors (Lipinski definition) is 3. The van der Waals surface area contributed by atoms with Crippen molar-refractivity contribution in [1.29, 1.82) is 0 Å². The van der Waals surface area contributed by atoms with Gasteiger partial charge in [0.1, 0.15) is 17.3 Å². The minimum atomic E-state index is -0.366. The maximum Gasteiger partial charge on any atom is 0.257 e. The number of fused-ring (bicyclic) bond motifs is 1. The molecule has 0 bridgehead atoms. The summed E-state index contributed by atoms with van der Waals surface area (Å²) in [4.78, 5) is 23.1. The second-order valence-electron chi connectivity index (χ2n) is 7.71. The van der Waals surface area contributed by atoms with Gasteiger partial charge in [0.25, 0.3) is 5.91 Å². The number of H-pyrrole nitrogens is 1. The number of amides is 1. The molecule has 0 radical (unpaired) electrons. The topological polar surface area (TPSA) is 66.8 Å². The number of likely N-dealkylation sites (tertiary alicyclic amines) is 1. The van der Waals surface area contributed by atoms with Crippen LogP contribution in [0.25, 0.3) is 16.7 Å². The van der Waals surface area contributed by atoms with Gasteiger partial charge in [-0.2, -0.15) is 5.10 Å². The predicted octanol–water partition coefficient (Wildman–Crippen LogP) is 4.22. The molecule has 7 heteroatoms. The highest BCUT2D eigenvalue weighted by atomic mass is 19.1. The lowest BCUT2D eigenvalue weighted by Crippen LogP contribution is -2.38. The molecule has 1 amide bonds. The van der Waals surface area contributed by atoms with Crippen LogP contribution in [-0.2, 0) is 0 Å². The molecule has 4 aromatic rings. The van der Waals surface area contributed by atoms with Crippen molar-refractivity contribution in [1.82, 2.24) is 24.6 Å². The first-order chi connectivity index (χ1) is 14.6. The van der Waals surface area contributed by atoms with Crippen molar-refractivity contribution >= 4 is 16.9 Å². The average Bonchev–Trinajstić information content (AvgIpc) is 3.37. The molecular formula is C23H22FN5O. The molecule has 0 unspecified atom stereocenters. The Kier molecular flexibility index (Phi) is 4.58. The van der Waals surface area contributed by atoms with E-state index in [0.29, 0.717) is 36.0 Å². The molecule has 5 rings (SSSR count). The van der Waals surface area contributed by atoms with Gasteiger partial charge >= 0.3 is 0 Å². The van der Waals surface area contributed by atoms with Gasteiger partial charge in [-0.05, 0) is 44.0 Å². The molecule has 6 nitrogen and oxygen atoms in total. The van der Waals surface area contributed by atoms with Crippen LogP contribution in [0, 0.1) is 12.7 Å². The van der Waals surface area contributed by atoms with E-state index < -0.39 is 0 Å². The van der Waals surface area contributed by atoms with E-state index >= 15 is 0 Å². The lowest BCUT2D eigenvalue weighted by molar-refractivity contribution is 0.0710. The summed E-state index contributed by atoms with van der Waals surface area (Å²) in [5.41, 5.74) is 3.52. The SMILES string of the molecule is Cc1c(C(=O)N2CCC(c3nc4ccccc4[nH]3)CC2)cnn1-c1ccccc1F. The van der Waals surface area contributed by atoms with Crippen molar-refractivity contribution < 1.29 is 9.18 Å². The lowest BCUT2D eigenvalue weighted by Gasteiger charge is -2.31. The Morgan fingerprint density at radius 2 is 1.83 bits per heavy atom. The fourth-order valence-corrected chi connectivity index (χ4v) is 4.18. The normalized spacial score (nSPS) is 15.1. The van der Waals surface area contributed by atoms with Gasteiger partial charge < -0.3 is 9.88 Å². The van der Waals surface area contributed by atoms with Crippen LogP contribution in [0.15, 0.2) is 54.7 Å². The number of rotatable bonds is 3. The summed E-state index contributed by atoms with van der Waals surface area (Å²) in [5.74, 6) is 0.878. The molecule has 0 atom stereocenters. The van der Waals surface area contributed by atoms with E-state index in [4.69, 9.17) is 4.98 Å². The quantitative estimate of drug-likeness (QED) is 0.557. The number of piperidine rings is 1. The number of para-hydroxylation sites is 3. The van der Waals surface area contributed by atoms with Crippen LogP contribution < -0.4 is 0 Å². The van der Waals surface area contributed by atoms with Crippen LogP contribution >= 0.6 is 0 Å². The van der Waals surface area contributed by atoms with Crippen LogP contribution in [0.2, 0.25) is 0 Å². The van der Waals surface area contributed by atoms with Gasteiger partial charge in [0.05, 0.1) is 28.5 Å². The first-order valence-electron chi connectivity index (χ1n) is 10.2. The number of carbonyl (C=O) groups excluding carboxylic acids is 1. The minimum Gasteiger partial charge on any atom is -0.342 e. The predicted molar refractivity (Wildman–Crippen MR) is 112 cm³/mol. The molecule has 1 saturated heterocycles. The fourth-order valence-electron chi connectivity index (χ4n) is 4.18. The third kappa shape index (κ3) is 3.16. The zero-order valence-corrected chi connectivity index (χ0v) is 16.7. The third-order valence-corrected chi connectivity index (χ3v) is 5.90. The van der Waals surface area contributed by atoms with Gasteiger partial charge in [0, 0.05) is 19.0 Å². The Labute approximate surface area is 173 Å². The molecule has 0 aliphatic carbocycles. The number of halogens is 1. The van der Waals surface area contributed by atoms with Crippen molar-refractivity contribution in [2.45, 2.75) is 25.7 Å². The van der Waals surface area contributed by atoms with Gasteiger partial charge in [-0.15, -0.1) is 0 Å². The first-order valence-corrected chi connectivity index (χ1v) is 10.2. The number of carbonyl (C=O) groups is 1. The van der Waals surface area contributed by atoms with E-state index in [1.54, 1.807) is 25.1 Å². The van der Waals surface area contributed by atoms with Gasteiger partial charge in [-0.3, -0.25) is 4.79 Å². The summed E-state index contributed by atoms with van der Waals surface area (Å²) < 4.78 is 15.6. The zero-order valence-electron chi connectivity index (χ0n) is 16.7. The van der Waals surface area contributed by atoms with Gasteiger partial charge in [0.15, 0.2) is 0 Å². The number of benzene rings is 2. The van der Waals surface area contributed by atoms with E-state index in [2.05, 4.69) is 10.1 Å². The van der Waals surface area contributed by atoms with Crippen LogP contribution in [-0.4, -0.2) is 43.6 Å². The number of nitrogens with one attached hydrogen (secondary N) is 1. The smallest absolute Gasteiger partial charge is 0.257 e. The largest absolute Gasteiger partial charge is 0.342 e. The molecule has 2 aromatic heterocycles. The second kappa shape index (κ2) is 7.40. The summed E-state index contributed by atoms with van der Waals surface area (Å²) in [6, 6.07) is 14.4. The van der Waals surface area contributed by atoms with Crippen LogP contribution in [0.3, 0.4) is 0 Å². The molecule has 152 valence electrons. The van der Waals surface area contributed by atoms with Crippen LogP contribution in [0.4, 0.5) is 4.39 Å². The van der Waals surface area contributed by atoms with Crippen molar-refractivity contribution in [3.63, 3.8) is 0 Å². The average molecular weight is 403 g/mol. The van der Waals surface area contributed by atoms with Gasteiger partial charge in [-0.1, -0.05) is 24.3 Å². The second-order valence-corrected chi connectivity index (χ2v) is 7.71. The number of aromatic nitrogens is 4. The molecule has 2 aromatic carbocycles. The van der Waals surface area contributed by atoms with Crippen molar-refractivity contribution in [2.24, 2.45) is 0 Å². The summed E-state index contributed by atoms with van der Waals surface area (Å²) in [6.07, 6.45) is 3.24. The summed E-state index contributed by atoms with van der Waals surface area (Å²) >= 11 is 0. The molecule has 1 fully saturated rings. The van der Waals surface area contributed by atoms with E-state index in [-0.39, 0.29) is 11.7 Å². The minimum absolute atomic E-state index is 0.0573.